The molecule has 1 N–H and O–H groups in total. The highest BCUT2D eigenvalue weighted by atomic mass is 35.5. The third-order valence-corrected chi connectivity index (χ3v) is 5.00. The van der Waals surface area contributed by atoms with Crippen LogP contribution in [0.2, 0.25) is 10.0 Å². The van der Waals surface area contributed by atoms with Crippen molar-refractivity contribution >= 4 is 38.9 Å². The average Bonchev–Trinajstić information content (AvgIpc) is 2.73. The number of benzene rings is 1. The van der Waals surface area contributed by atoms with Crippen LogP contribution < -0.4 is 5.48 Å². The molecule has 0 unspecified atom stereocenters. The molecule has 11 heteroatoms. The lowest BCUT2D eigenvalue weighted by molar-refractivity contribution is 0.0538. The number of carbonyl (C=O) groups excluding carboxylic acids is 1. The van der Waals surface area contributed by atoms with E-state index in [9.17, 15) is 17.6 Å². The molecule has 1 aromatic heterocycles. The molecule has 0 bridgehead atoms. The molecule has 1 heterocycles. The number of nitrogens with zero attached hydrogens (tertiary/aromatic N) is 2. The second-order valence-electron chi connectivity index (χ2n) is 4.81. The highest BCUT2D eigenvalue weighted by Crippen LogP contribution is 2.35. The summed E-state index contributed by atoms with van der Waals surface area (Å²) in [4.78, 5) is 16.4. The van der Waals surface area contributed by atoms with Gasteiger partial charge in [-0.3, -0.25) is 14.3 Å². The molecule has 2 rings (SSSR count). The number of sulfone groups is 1. The Morgan fingerprint density at radius 2 is 2.00 bits per heavy atom. The molecule has 24 heavy (non-hydrogen) atoms. The van der Waals surface area contributed by atoms with Gasteiger partial charge in [-0.25, -0.2) is 18.3 Å². The standard InChI is InChI=1S/C13H12Cl2FN3O4S/c1-19-13(24(3,21)22)10(15)11(17-19)7-4-6(12(20)18-23-2)8(14)5-9(7)16/h4-5H,1-3H3,(H,18,20). The van der Waals surface area contributed by atoms with Crippen LogP contribution >= 0.6 is 23.2 Å². The predicted molar refractivity (Wildman–Crippen MR) is 86.2 cm³/mol. The zero-order chi connectivity index (χ0) is 18.2. The number of amides is 1. The Labute approximate surface area is 147 Å². The van der Waals surface area contributed by atoms with Crippen molar-refractivity contribution in [1.82, 2.24) is 15.3 Å². The second-order valence-corrected chi connectivity index (χ2v) is 7.53. The Balaban J connectivity index is 2.70. The number of aromatic nitrogens is 2. The van der Waals surface area contributed by atoms with E-state index in [1.54, 1.807) is 0 Å². The summed E-state index contributed by atoms with van der Waals surface area (Å²) in [7, 11) is -1.10. The molecule has 0 saturated carbocycles. The van der Waals surface area contributed by atoms with Gasteiger partial charge in [-0.1, -0.05) is 23.2 Å². The Bertz CT molecular complexity index is 928. The van der Waals surface area contributed by atoms with Crippen molar-refractivity contribution in [2.45, 2.75) is 5.03 Å². The number of aryl methyl sites for hydroxylation is 1. The van der Waals surface area contributed by atoms with Crippen LogP contribution in [0.25, 0.3) is 11.3 Å². The van der Waals surface area contributed by atoms with Gasteiger partial charge in [0.1, 0.15) is 16.5 Å². The summed E-state index contributed by atoms with van der Waals surface area (Å²) < 4.78 is 38.9. The van der Waals surface area contributed by atoms with Crippen molar-refractivity contribution in [2.75, 3.05) is 13.4 Å². The molecule has 0 fully saturated rings. The van der Waals surface area contributed by atoms with Crippen molar-refractivity contribution in [3.8, 4) is 11.3 Å². The highest BCUT2D eigenvalue weighted by Gasteiger charge is 2.26. The van der Waals surface area contributed by atoms with Gasteiger partial charge in [-0.05, 0) is 12.1 Å². The van der Waals surface area contributed by atoms with Gasteiger partial charge >= 0.3 is 0 Å². The summed E-state index contributed by atoms with van der Waals surface area (Å²) in [5, 5.41) is 3.27. The zero-order valence-corrected chi connectivity index (χ0v) is 15.1. The first kappa shape index (κ1) is 18.7. The van der Waals surface area contributed by atoms with Crippen LogP contribution in [0.1, 0.15) is 10.4 Å². The third-order valence-electron chi connectivity index (χ3n) is 3.04. The van der Waals surface area contributed by atoms with Crippen LogP contribution in [0.4, 0.5) is 4.39 Å². The summed E-state index contributed by atoms with van der Waals surface area (Å²) in [5.74, 6) is -1.52. The molecule has 7 nitrogen and oxygen atoms in total. The Kier molecular flexibility index (Phi) is 5.19. The van der Waals surface area contributed by atoms with Gasteiger partial charge in [0.05, 0.1) is 17.7 Å². The molecule has 0 aliphatic rings. The normalized spacial score (nSPS) is 11.6. The molecule has 0 atom stereocenters. The van der Waals surface area contributed by atoms with Crippen molar-refractivity contribution in [3.05, 3.63) is 33.6 Å². The van der Waals surface area contributed by atoms with Crippen LogP contribution in [-0.2, 0) is 21.7 Å². The third kappa shape index (κ3) is 3.39. The number of nitrogens with one attached hydrogen (secondary N) is 1. The number of rotatable bonds is 4. The first-order chi connectivity index (χ1) is 11.1. The summed E-state index contributed by atoms with van der Waals surface area (Å²) in [5.41, 5.74) is 1.68. The molecular formula is C13H12Cl2FN3O4S. The van der Waals surface area contributed by atoms with Crippen LogP contribution in [0, 0.1) is 5.82 Å². The van der Waals surface area contributed by atoms with E-state index < -0.39 is 21.6 Å². The molecule has 0 aliphatic carbocycles. The van der Waals surface area contributed by atoms with E-state index in [1.165, 1.54) is 14.2 Å². The largest absolute Gasteiger partial charge is 0.277 e. The van der Waals surface area contributed by atoms with Gasteiger partial charge in [-0.2, -0.15) is 5.10 Å². The second kappa shape index (κ2) is 6.67. The van der Waals surface area contributed by atoms with Gasteiger partial charge < -0.3 is 0 Å². The van der Waals surface area contributed by atoms with Crippen molar-refractivity contribution in [2.24, 2.45) is 7.05 Å². The number of halogens is 3. The fourth-order valence-corrected chi connectivity index (χ4v) is 3.97. The first-order valence-electron chi connectivity index (χ1n) is 6.33. The molecule has 1 amide bonds. The molecule has 0 radical (unpaired) electrons. The fraction of sp³-hybridized carbons (Fsp3) is 0.231. The summed E-state index contributed by atoms with van der Waals surface area (Å²) in [6, 6.07) is 2.03. The average molecular weight is 396 g/mol. The summed E-state index contributed by atoms with van der Waals surface area (Å²) in [6.45, 7) is 0. The predicted octanol–water partition coefficient (Wildman–Crippen LogP) is 2.23. The Hall–Kier alpha value is -1.68. The van der Waals surface area contributed by atoms with E-state index in [1.807, 2.05) is 0 Å². The van der Waals surface area contributed by atoms with Crippen molar-refractivity contribution in [3.63, 3.8) is 0 Å². The maximum Gasteiger partial charge on any atom is 0.276 e. The van der Waals surface area contributed by atoms with Gasteiger partial charge in [0.2, 0.25) is 0 Å². The van der Waals surface area contributed by atoms with E-state index in [0.717, 1.165) is 23.1 Å². The van der Waals surface area contributed by atoms with Crippen molar-refractivity contribution in [1.29, 1.82) is 0 Å². The van der Waals surface area contributed by atoms with E-state index in [4.69, 9.17) is 23.2 Å². The summed E-state index contributed by atoms with van der Waals surface area (Å²) >= 11 is 11.9. The molecule has 1 aromatic carbocycles. The van der Waals surface area contributed by atoms with E-state index in [0.29, 0.717) is 0 Å². The van der Waals surface area contributed by atoms with Crippen molar-refractivity contribution < 1.29 is 22.4 Å². The zero-order valence-electron chi connectivity index (χ0n) is 12.7. The monoisotopic (exact) mass is 395 g/mol. The number of carbonyl (C=O) groups is 1. The van der Waals surface area contributed by atoms with E-state index in [2.05, 4.69) is 15.4 Å². The molecule has 0 spiro atoms. The molecule has 0 saturated heterocycles. The smallest absolute Gasteiger partial charge is 0.276 e. The maximum absolute atomic E-state index is 14.3. The highest BCUT2D eigenvalue weighted by molar-refractivity contribution is 7.90. The number of hydrogen-bond acceptors (Lipinski definition) is 5. The molecular weight excluding hydrogens is 384 g/mol. The minimum atomic E-state index is -3.69. The number of hydrogen-bond donors (Lipinski definition) is 1. The topological polar surface area (TPSA) is 90.3 Å². The quantitative estimate of drug-likeness (QED) is 0.801. The lowest BCUT2D eigenvalue weighted by Gasteiger charge is -2.08. The molecule has 2 aromatic rings. The first-order valence-corrected chi connectivity index (χ1v) is 8.98. The number of hydroxylamine groups is 1. The van der Waals surface area contributed by atoms with Gasteiger partial charge in [0.15, 0.2) is 14.9 Å². The maximum atomic E-state index is 14.3. The van der Waals surface area contributed by atoms with Crippen LogP contribution in [0.5, 0.6) is 0 Å². The van der Waals surface area contributed by atoms with Crippen LogP contribution in [0.3, 0.4) is 0 Å². The summed E-state index contributed by atoms with van der Waals surface area (Å²) in [6.07, 6.45) is 0.954. The van der Waals surface area contributed by atoms with E-state index >= 15 is 0 Å². The molecule has 0 aliphatic heterocycles. The Morgan fingerprint density at radius 1 is 1.38 bits per heavy atom. The van der Waals surface area contributed by atoms with E-state index in [-0.39, 0.29) is 31.9 Å². The van der Waals surface area contributed by atoms with Gasteiger partial charge in [-0.15, -0.1) is 0 Å². The Morgan fingerprint density at radius 3 is 2.50 bits per heavy atom. The minimum Gasteiger partial charge on any atom is -0.277 e. The van der Waals surface area contributed by atoms with Gasteiger partial charge in [0.25, 0.3) is 5.91 Å². The minimum absolute atomic E-state index is 0.0856. The lowest BCUT2D eigenvalue weighted by atomic mass is 10.1. The SMILES string of the molecule is CONC(=O)c1cc(-c2nn(C)c(S(C)(=O)=O)c2Cl)c(F)cc1Cl. The van der Waals surface area contributed by atoms with Crippen LogP contribution in [-0.4, -0.2) is 37.5 Å². The lowest BCUT2D eigenvalue weighted by Crippen LogP contribution is -2.22. The fourth-order valence-electron chi connectivity index (χ4n) is 2.11. The van der Waals surface area contributed by atoms with Crippen LogP contribution in [0.15, 0.2) is 17.2 Å². The van der Waals surface area contributed by atoms with Gasteiger partial charge in [0, 0.05) is 18.9 Å². The molecule has 130 valence electrons.